The molecule has 2 bridgehead atoms. The largest absolute Gasteiger partial charge is 0.497 e. The molecule has 230 valence electrons. The van der Waals surface area contributed by atoms with Crippen LogP contribution in [0.5, 0.6) is 5.75 Å². The molecule has 0 spiro atoms. The van der Waals surface area contributed by atoms with Crippen LogP contribution in [0.4, 0.5) is 5.69 Å². The smallest absolute Gasteiger partial charge is 0.267 e. The van der Waals surface area contributed by atoms with Gasteiger partial charge in [0.1, 0.15) is 11.4 Å². The van der Waals surface area contributed by atoms with Crippen LogP contribution in [0.25, 0.3) is 11.1 Å². The van der Waals surface area contributed by atoms with Crippen molar-refractivity contribution in [1.29, 1.82) is 0 Å². The number of nitrogens with zero attached hydrogens (tertiary/aromatic N) is 3. The summed E-state index contributed by atoms with van der Waals surface area (Å²) in [4.78, 5) is 31.4. The molecule has 0 saturated carbocycles. The van der Waals surface area contributed by atoms with E-state index in [-0.39, 0.29) is 17.9 Å². The maximum absolute atomic E-state index is 13.6. The van der Waals surface area contributed by atoms with E-state index in [0.717, 1.165) is 45.6 Å². The fourth-order valence-corrected chi connectivity index (χ4v) is 7.38. The van der Waals surface area contributed by atoms with Crippen molar-refractivity contribution in [2.75, 3.05) is 49.9 Å². The van der Waals surface area contributed by atoms with E-state index in [1.54, 1.807) is 14.2 Å². The number of aromatic nitrogens is 1. The number of carbonyl (C=O) groups is 2. The summed E-state index contributed by atoms with van der Waals surface area (Å²) in [6.07, 6.45) is 4.42. The number of hydrogen-bond acceptors (Lipinski definition) is 6. The lowest BCUT2D eigenvalue weighted by Crippen LogP contribution is -2.53. The van der Waals surface area contributed by atoms with Crippen molar-refractivity contribution in [2.45, 2.75) is 44.8 Å². The summed E-state index contributed by atoms with van der Waals surface area (Å²) < 4.78 is 13.5. The van der Waals surface area contributed by atoms with Crippen molar-refractivity contribution in [3.63, 3.8) is 0 Å². The van der Waals surface area contributed by atoms with Crippen LogP contribution in [0.2, 0.25) is 0 Å². The average Bonchev–Trinajstić information content (AvgIpc) is 3.52. The Kier molecular flexibility index (Phi) is 9.98. The second-order valence-electron chi connectivity index (χ2n) is 11.6. The lowest BCUT2D eigenvalue weighted by Gasteiger charge is -2.41. The number of nitrogens with one attached hydrogen (secondary N) is 2. The summed E-state index contributed by atoms with van der Waals surface area (Å²) in [5, 5.41) is 6.09. The van der Waals surface area contributed by atoms with Crippen molar-refractivity contribution in [3.8, 4) is 16.9 Å². The van der Waals surface area contributed by atoms with Gasteiger partial charge in [0.25, 0.3) is 11.8 Å². The predicted octanol–water partition coefficient (Wildman–Crippen LogP) is 4.92. The summed E-state index contributed by atoms with van der Waals surface area (Å²) in [5.74, 6) is 0.425. The fraction of sp³-hybridized carbons (Fsp3) is 0.455. The minimum absolute atomic E-state index is 0.0974. The first-order valence-corrected chi connectivity index (χ1v) is 16.4. The molecule has 9 nitrogen and oxygen atoms in total. The number of methoxy groups -OCH3 is 2. The zero-order chi connectivity index (χ0) is 30.7. The van der Waals surface area contributed by atoms with Gasteiger partial charge in [-0.25, -0.2) is 0 Å². The van der Waals surface area contributed by atoms with Gasteiger partial charge in [0.2, 0.25) is 0 Å². The van der Waals surface area contributed by atoms with Crippen LogP contribution >= 0.6 is 22.6 Å². The Morgan fingerprint density at radius 1 is 1.02 bits per heavy atom. The molecule has 2 saturated heterocycles. The average molecular weight is 700 g/mol. The molecule has 2 aromatic carbocycles. The van der Waals surface area contributed by atoms with Crippen LogP contribution < -0.4 is 20.3 Å². The Morgan fingerprint density at radius 2 is 1.77 bits per heavy atom. The third-order valence-corrected chi connectivity index (χ3v) is 9.56. The van der Waals surface area contributed by atoms with E-state index in [1.807, 2.05) is 55.9 Å². The number of aryl methyl sites for hydroxylation is 2. The van der Waals surface area contributed by atoms with Gasteiger partial charge in [0.05, 0.1) is 24.3 Å². The Bertz CT molecular complexity index is 1460. The van der Waals surface area contributed by atoms with E-state index >= 15 is 0 Å². The van der Waals surface area contributed by atoms with E-state index in [9.17, 15) is 9.59 Å². The molecule has 2 aliphatic heterocycles. The van der Waals surface area contributed by atoms with E-state index < -0.39 is 0 Å². The first kappa shape index (κ1) is 31.3. The number of fused-ring (bicyclic) bond motifs is 2. The highest BCUT2D eigenvalue weighted by Gasteiger charge is 2.39. The number of amides is 2. The molecule has 2 amide bonds. The number of anilines is 1. The van der Waals surface area contributed by atoms with Crippen LogP contribution in [0.3, 0.4) is 0 Å². The predicted molar refractivity (Wildman–Crippen MR) is 178 cm³/mol. The quantitative estimate of drug-likeness (QED) is 0.128. The summed E-state index contributed by atoms with van der Waals surface area (Å²) >= 11 is 2.48. The molecule has 3 aromatic rings. The molecule has 0 unspecified atom stereocenters. The molecule has 2 aliphatic rings. The molecule has 3 atom stereocenters. The molecule has 3 heterocycles. The first-order chi connectivity index (χ1) is 20.7. The van der Waals surface area contributed by atoms with Crippen LogP contribution in [-0.2, 0) is 11.8 Å². The van der Waals surface area contributed by atoms with Gasteiger partial charge in [-0.05, 0) is 79.8 Å². The van der Waals surface area contributed by atoms with Gasteiger partial charge < -0.3 is 29.6 Å². The number of halogens is 1. The second kappa shape index (κ2) is 13.7. The maximum Gasteiger partial charge on any atom is 0.267 e. The van der Waals surface area contributed by atoms with Gasteiger partial charge in [0.15, 0.2) is 0 Å². The molecule has 10 heteroatoms. The molecule has 1 aromatic heterocycles. The lowest BCUT2D eigenvalue weighted by molar-refractivity contribution is 0.0924. The van der Waals surface area contributed by atoms with Crippen LogP contribution in [-0.4, -0.2) is 78.4 Å². The number of piperazine rings is 1. The highest BCUT2D eigenvalue weighted by Crippen LogP contribution is 2.34. The molecule has 0 aliphatic carbocycles. The van der Waals surface area contributed by atoms with Crippen molar-refractivity contribution >= 4 is 40.1 Å². The van der Waals surface area contributed by atoms with Gasteiger partial charge in [-0.1, -0.05) is 28.7 Å². The van der Waals surface area contributed by atoms with Crippen molar-refractivity contribution in [2.24, 2.45) is 7.05 Å². The topological polar surface area (TPSA) is 88.1 Å². The molecule has 2 N–H and O–H groups in total. The number of carbonyl (C=O) groups excluding carboxylic acids is 2. The minimum atomic E-state index is -0.270. The van der Waals surface area contributed by atoms with Crippen molar-refractivity contribution in [3.05, 3.63) is 71.0 Å². The van der Waals surface area contributed by atoms with E-state index in [1.165, 1.54) is 12.8 Å². The van der Waals surface area contributed by atoms with E-state index in [4.69, 9.17) is 9.47 Å². The third-order valence-electron chi connectivity index (χ3n) is 8.78. The normalized spacial score (nSPS) is 18.9. The Morgan fingerprint density at radius 3 is 2.44 bits per heavy atom. The molecule has 2 fully saturated rings. The zero-order valence-corrected chi connectivity index (χ0v) is 27.8. The minimum Gasteiger partial charge on any atom is -0.497 e. The van der Waals surface area contributed by atoms with Crippen molar-refractivity contribution in [1.82, 2.24) is 20.1 Å². The van der Waals surface area contributed by atoms with Gasteiger partial charge >= 0.3 is 0 Å². The molecular weight excluding hydrogens is 657 g/mol. The molecular formula is C33H42IN5O4. The number of benzene rings is 2. The monoisotopic (exact) mass is 699 g/mol. The number of hydrogen-bond donors (Lipinski definition) is 2. The summed E-state index contributed by atoms with van der Waals surface area (Å²) in [6, 6.07) is 15.0. The number of alkyl halides is 1. The molecule has 0 radical (unpaired) electrons. The number of ether oxygens (including phenoxy) is 2. The third kappa shape index (κ3) is 6.86. The van der Waals surface area contributed by atoms with E-state index in [2.05, 4.69) is 61.2 Å². The SMILES string of the molecule is COCCNC(=O)c1cc(-c2cc(OC)cc([C@@H](C)NC(=O)c3cc(N4C[C@H]5CC[C@@H](C4)N5CI)ccc3C)c2)cn1C. The highest BCUT2D eigenvalue weighted by molar-refractivity contribution is 14.1. The van der Waals surface area contributed by atoms with Crippen molar-refractivity contribution < 1.29 is 19.1 Å². The first-order valence-electron chi connectivity index (χ1n) is 14.8. The van der Waals surface area contributed by atoms with Crippen LogP contribution in [0, 0.1) is 6.92 Å². The standard InChI is InChI=1S/C33H42IN5O4/c1-21-6-7-26(38-18-27-8-9-28(19-38)39(27)20-34)16-30(21)32(40)36-22(2)23-12-24(14-29(13-23)43-5)25-15-31(37(3)17-25)33(41)35-10-11-42-4/h6-7,12-17,22,27-28H,8-11,18-20H2,1-5H3,(H,35,41)(H,36,40)/t22-,27-,28+/m1/s1. The Balaban J connectivity index is 1.33. The Hall–Kier alpha value is -3.09. The maximum atomic E-state index is 13.6. The highest BCUT2D eigenvalue weighted by atomic mass is 127. The second-order valence-corrected chi connectivity index (χ2v) is 12.3. The van der Waals surface area contributed by atoms with Gasteiger partial charge in [-0.2, -0.15) is 0 Å². The van der Waals surface area contributed by atoms with Gasteiger partial charge in [-0.15, -0.1) is 0 Å². The summed E-state index contributed by atoms with van der Waals surface area (Å²) in [7, 11) is 5.09. The van der Waals surface area contributed by atoms with Crippen LogP contribution in [0.1, 0.15) is 57.8 Å². The molecule has 5 rings (SSSR count). The van der Waals surface area contributed by atoms with Gasteiger partial charge in [0, 0.05) is 68.9 Å². The Labute approximate surface area is 268 Å². The summed E-state index contributed by atoms with van der Waals surface area (Å²) in [6.45, 7) is 6.87. The fourth-order valence-electron chi connectivity index (χ4n) is 6.27. The van der Waals surface area contributed by atoms with Crippen LogP contribution in [0.15, 0.2) is 48.7 Å². The zero-order valence-electron chi connectivity index (χ0n) is 25.7. The van der Waals surface area contributed by atoms with E-state index in [0.29, 0.717) is 42.2 Å². The van der Waals surface area contributed by atoms with Gasteiger partial charge in [-0.3, -0.25) is 14.5 Å². The molecule has 43 heavy (non-hydrogen) atoms. The summed E-state index contributed by atoms with van der Waals surface area (Å²) in [5.41, 5.74) is 6.02. The number of rotatable bonds is 11. The lowest BCUT2D eigenvalue weighted by atomic mass is 10.00.